The van der Waals surface area contributed by atoms with Crippen LogP contribution in [0.5, 0.6) is 0 Å². The number of rotatable bonds is 7. The number of methoxy groups -OCH3 is 1. The predicted molar refractivity (Wildman–Crippen MR) is 126 cm³/mol. The summed E-state index contributed by atoms with van der Waals surface area (Å²) in [6.07, 6.45) is 8.49. The average molecular weight is 450 g/mol. The SMILES string of the molecule is COCCOC[C@]12C[C@H](C)C[C@H](C1)N2C(=O)Nc1ccc(C)c(-c2cn3nccc3cn2)c1. The Morgan fingerprint density at radius 1 is 1.27 bits per heavy atom. The minimum atomic E-state index is -0.222. The maximum absolute atomic E-state index is 13.4. The van der Waals surface area contributed by atoms with Gasteiger partial charge in [-0.1, -0.05) is 13.0 Å². The number of likely N-dealkylation sites (tertiary alicyclic amines) is 1. The molecule has 174 valence electrons. The van der Waals surface area contributed by atoms with Crippen molar-refractivity contribution in [2.24, 2.45) is 5.92 Å². The lowest BCUT2D eigenvalue weighted by Gasteiger charge is -2.63. The molecular weight excluding hydrogens is 418 g/mol. The van der Waals surface area contributed by atoms with Gasteiger partial charge in [-0.25, -0.2) is 9.31 Å². The van der Waals surface area contributed by atoms with Crippen molar-refractivity contribution in [3.63, 3.8) is 0 Å². The van der Waals surface area contributed by atoms with E-state index in [0.29, 0.717) is 25.7 Å². The number of amides is 2. The van der Waals surface area contributed by atoms with Crippen molar-refractivity contribution in [2.45, 2.75) is 44.7 Å². The van der Waals surface area contributed by atoms with E-state index in [1.165, 1.54) is 0 Å². The molecule has 3 aromatic rings. The monoisotopic (exact) mass is 449 g/mol. The molecule has 5 rings (SSSR count). The van der Waals surface area contributed by atoms with Crippen molar-refractivity contribution in [2.75, 3.05) is 32.2 Å². The standard InChI is InChI=1S/C25H31N5O3/c1-17-10-21-13-25(12-17,16-33-9-8-32-3)30(21)24(31)28-19-5-4-18(2)22(11-19)23-15-29-20(14-26-23)6-7-27-29/h4-7,11,14-15,17,21H,8-10,12-13,16H2,1-3H3,(H,28,31)/t17-,21-,25+/m1/s1. The number of urea groups is 1. The van der Waals surface area contributed by atoms with Crippen molar-refractivity contribution < 1.29 is 14.3 Å². The number of aromatic nitrogens is 3. The van der Waals surface area contributed by atoms with E-state index in [1.807, 2.05) is 53.0 Å². The van der Waals surface area contributed by atoms with Crippen molar-refractivity contribution in [1.82, 2.24) is 19.5 Å². The highest BCUT2D eigenvalue weighted by molar-refractivity contribution is 5.92. The Morgan fingerprint density at radius 2 is 2.15 bits per heavy atom. The molecule has 2 aromatic heterocycles. The third kappa shape index (κ3) is 4.09. The van der Waals surface area contributed by atoms with Crippen molar-refractivity contribution >= 4 is 17.2 Å². The number of hydrogen-bond donors (Lipinski definition) is 1. The van der Waals surface area contributed by atoms with Gasteiger partial charge < -0.3 is 19.7 Å². The predicted octanol–water partition coefficient (Wildman–Crippen LogP) is 4.14. The first kappa shape index (κ1) is 21.9. The van der Waals surface area contributed by atoms with E-state index < -0.39 is 0 Å². The quantitative estimate of drug-likeness (QED) is 0.548. The number of aryl methyl sites for hydroxylation is 1. The molecule has 2 bridgehead atoms. The van der Waals surface area contributed by atoms with Crippen LogP contribution >= 0.6 is 0 Å². The van der Waals surface area contributed by atoms with E-state index in [-0.39, 0.29) is 17.6 Å². The lowest BCUT2D eigenvalue weighted by atomic mass is 9.65. The number of anilines is 1. The second-order valence-electron chi connectivity index (χ2n) is 9.48. The summed E-state index contributed by atoms with van der Waals surface area (Å²) in [6, 6.07) is 8.09. The van der Waals surface area contributed by atoms with Crippen LogP contribution in [0.25, 0.3) is 16.8 Å². The normalized spacial score (nSPS) is 24.0. The number of ether oxygens (including phenoxy) is 2. The molecular formula is C25H31N5O3. The zero-order valence-electron chi connectivity index (χ0n) is 19.5. The minimum Gasteiger partial charge on any atom is -0.382 e. The van der Waals surface area contributed by atoms with Crippen LogP contribution in [0.3, 0.4) is 0 Å². The van der Waals surface area contributed by atoms with Gasteiger partial charge in [-0.05, 0) is 55.9 Å². The topological polar surface area (TPSA) is 81.0 Å². The summed E-state index contributed by atoms with van der Waals surface area (Å²) in [6.45, 7) is 5.97. The highest BCUT2D eigenvalue weighted by Crippen LogP contribution is 2.50. The number of carbonyl (C=O) groups excluding carboxylic acids is 1. The first-order valence-electron chi connectivity index (χ1n) is 11.6. The largest absolute Gasteiger partial charge is 0.382 e. The summed E-state index contributed by atoms with van der Waals surface area (Å²) < 4.78 is 12.8. The maximum atomic E-state index is 13.4. The molecule has 0 spiro atoms. The van der Waals surface area contributed by atoms with Crippen molar-refractivity contribution in [3.8, 4) is 11.3 Å². The molecule has 1 saturated heterocycles. The van der Waals surface area contributed by atoms with Crippen LogP contribution < -0.4 is 5.32 Å². The lowest BCUT2D eigenvalue weighted by molar-refractivity contribution is -0.131. The molecule has 1 aromatic carbocycles. The highest BCUT2D eigenvalue weighted by Gasteiger charge is 2.58. The summed E-state index contributed by atoms with van der Waals surface area (Å²) in [7, 11) is 1.67. The number of nitrogens with one attached hydrogen (secondary N) is 1. The molecule has 33 heavy (non-hydrogen) atoms. The van der Waals surface area contributed by atoms with E-state index in [9.17, 15) is 4.79 Å². The van der Waals surface area contributed by atoms with Gasteiger partial charge in [0.1, 0.15) is 0 Å². The first-order valence-corrected chi connectivity index (χ1v) is 11.6. The van der Waals surface area contributed by atoms with E-state index in [4.69, 9.17) is 9.47 Å². The first-order chi connectivity index (χ1) is 16.0. The Balaban J connectivity index is 1.34. The summed E-state index contributed by atoms with van der Waals surface area (Å²) in [5.74, 6) is 0.591. The van der Waals surface area contributed by atoms with Crippen LogP contribution in [0.1, 0.15) is 31.7 Å². The highest BCUT2D eigenvalue weighted by atomic mass is 16.5. The van der Waals surface area contributed by atoms with Gasteiger partial charge in [-0.3, -0.25) is 4.98 Å². The van der Waals surface area contributed by atoms with Gasteiger partial charge in [0.05, 0.1) is 55.2 Å². The molecule has 1 N–H and O–H groups in total. The van der Waals surface area contributed by atoms with Gasteiger partial charge in [0.25, 0.3) is 0 Å². The molecule has 0 unspecified atom stereocenters. The Kier molecular flexibility index (Phi) is 5.80. The van der Waals surface area contributed by atoms with E-state index in [2.05, 4.69) is 22.3 Å². The van der Waals surface area contributed by atoms with Gasteiger partial charge in [0, 0.05) is 24.4 Å². The number of carbonyl (C=O) groups is 1. The Morgan fingerprint density at radius 3 is 3.00 bits per heavy atom. The molecule has 1 saturated carbocycles. The summed E-state index contributed by atoms with van der Waals surface area (Å²) in [5, 5.41) is 7.45. The van der Waals surface area contributed by atoms with E-state index >= 15 is 0 Å². The molecule has 3 atom stereocenters. The Labute approximate surface area is 193 Å². The van der Waals surface area contributed by atoms with E-state index in [0.717, 1.165) is 47.3 Å². The van der Waals surface area contributed by atoms with Gasteiger partial charge in [0.2, 0.25) is 0 Å². The maximum Gasteiger partial charge on any atom is 0.322 e. The summed E-state index contributed by atoms with van der Waals surface area (Å²) in [5.41, 5.74) is 4.36. The fourth-order valence-corrected chi connectivity index (χ4v) is 5.56. The number of piperidine rings is 1. The van der Waals surface area contributed by atoms with Crippen LogP contribution in [-0.2, 0) is 9.47 Å². The molecule has 2 fully saturated rings. The molecule has 1 aliphatic carbocycles. The second kappa shape index (κ2) is 8.76. The van der Waals surface area contributed by atoms with Crippen LogP contribution in [0.15, 0.2) is 42.9 Å². The van der Waals surface area contributed by atoms with Gasteiger partial charge in [-0.15, -0.1) is 0 Å². The number of nitrogens with zero attached hydrogens (tertiary/aromatic N) is 4. The van der Waals surface area contributed by atoms with Gasteiger partial charge in [0.15, 0.2) is 0 Å². The van der Waals surface area contributed by atoms with Crippen molar-refractivity contribution in [3.05, 3.63) is 48.4 Å². The average Bonchev–Trinajstić information content (AvgIpc) is 3.25. The molecule has 2 amide bonds. The summed E-state index contributed by atoms with van der Waals surface area (Å²) in [4.78, 5) is 20.0. The second-order valence-corrected chi connectivity index (χ2v) is 9.48. The van der Waals surface area contributed by atoms with Crippen molar-refractivity contribution in [1.29, 1.82) is 0 Å². The lowest BCUT2D eigenvalue weighted by Crippen LogP contribution is -2.74. The van der Waals surface area contributed by atoms with Gasteiger partial charge >= 0.3 is 6.03 Å². The molecule has 3 heterocycles. The fourth-order valence-electron chi connectivity index (χ4n) is 5.56. The molecule has 8 heteroatoms. The third-order valence-corrected chi connectivity index (χ3v) is 6.96. The Bertz CT molecular complexity index is 1160. The zero-order valence-corrected chi connectivity index (χ0v) is 19.5. The van der Waals surface area contributed by atoms with Crippen LogP contribution in [-0.4, -0.2) is 64.0 Å². The molecule has 8 nitrogen and oxygen atoms in total. The van der Waals surface area contributed by atoms with E-state index in [1.54, 1.807) is 13.3 Å². The molecule has 1 aliphatic heterocycles. The molecule has 0 radical (unpaired) electrons. The summed E-state index contributed by atoms with van der Waals surface area (Å²) >= 11 is 0. The third-order valence-electron chi connectivity index (χ3n) is 6.96. The van der Waals surface area contributed by atoms with Gasteiger partial charge in [-0.2, -0.15) is 5.10 Å². The fraction of sp³-hybridized carbons (Fsp3) is 0.480. The van der Waals surface area contributed by atoms with Crippen LogP contribution in [0, 0.1) is 12.8 Å². The smallest absolute Gasteiger partial charge is 0.322 e. The molecule has 2 aliphatic rings. The number of hydrogen-bond acceptors (Lipinski definition) is 5. The van der Waals surface area contributed by atoms with Crippen LogP contribution in [0.2, 0.25) is 0 Å². The number of fused-ring (bicyclic) bond motifs is 3. The number of benzene rings is 1. The zero-order chi connectivity index (χ0) is 23.0. The Hall–Kier alpha value is -2.97. The minimum absolute atomic E-state index is 0.0567. The van der Waals surface area contributed by atoms with Crippen LogP contribution in [0.4, 0.5) is 10.5 Å².